The highest BCUT2D eigenvalue weighted by atomic mass is 79.9. The Balaban J connectivity index is 1.65. The SMILES string of the molecule is C=C1CCC[C@]2(C)C[C@@H]3OC(=O)C(Cc4ccc(Br)cc4)=C3C[C@@H]12. The molecule has 1 aromatic rings. The molecule has 4 rings (SSSR count). The van der Waals surface area contributed by atoms with Crippen molar-refractivity contribution in [1.29, 1.82) is 0 Å². The van der Waals surface area contributed by atoms with E-state index in [0.717, 1.165) is 34.9 Å². The summed E-state index contributed by atoms with van der Waals surface area (Å²) in [5.74, 6) is 0.401. The Morgan fingerprint density at radius 2 is 2.08 bits per heavy atom. The lowest BCUT2D eigenvalue weighted by atomic mass is 9.57. The van der Waals surface area contributed by atoms with E-state index in [0.29, 0.717) is 12.3 Å². The zero-order valence-corrected chi connectivity index (χ0v) is 15.7. The Morgan fingerprint density at radius 3 is 2.83 bits per heavy atom. The molecule has 1 heterocycles. The molecule has 2 fully saturated rings. The Kier molecular flexibility index (Phi) is 3.95. The number of rotatable bonds is 2. The van der Waals surface area contributed by atoms with Crippen molar-refractivity contribution < 1.29 is 9.53 Å². The van der Waals surface area contributed by atoms with Crippen LogP contribution in [0, 0.1) is 11.3 Å². The monoisotopic (exact) mass is 386 g/mol. The zero-order valence-electron chi connectivity index (χ0n) is 14.1. The average molecular weight is 387 g/mol. The van der Waals surface area contributed by atoms with Gasteiger partial charge in [0.1, 0.15) is 6.10 Å². The molecule has 0 unspecified atom stereocenters. The second-order valence-electron chi connectivity index (χ2n) is 7.83. The molecule has 2 saturated carbocycles. The van der Waals surface area contributed by atoms with Crippen LogP contribution in [0.4, 0.5) is 0 Å². The predicted octanol–water partition coefficient (Wildman–Crippen LogP) is 5.37. The van der Waals surface area contributed by atoms with Crippen LogP contribution in [0.15, 0.2) is 52.0 Å². The van der Waals surface area contributed by atoms with Crippen molar-refractivity contribution in [2.24, 2.45) is 11.3 Å². The van der Waals surface area contributed by atoms with Crippen molar-refractivity contribution in [3.8, 4) is 0 Å². The first kappa shape index (κ1) is 16.1. The van der Waals surface area contributed by atoms with Crippen LogP contribution >= 0.6 is 15.9 Å². The third kappa shape index (κ3) is 2.67. The van der Waals surface area contributed by atoms with Crippen molar-refractivity contribution in [3.05, 3.63) is 57.6 Å². The fraction of sp³-hybridized carbons (Fsp3) is 0.476. The summed E-state index contributed by atoms with van der Waals surface area (Å²) in [5.41, 5.74) is 4.92. The summed E-state index contributed by atoms with van der Waals surface area (Å²) in [7, 11) is 0. The van der Waals surface area contributed by atoms with Gasteiger partial charge in [-0.3, -0.25) is 0 Å². The second-order valence-corrected chi connectivity index (χ2v) is 8.74. The smallest absolute Gasteiger partial charge is 0.335 e. The van der Waals surface area contributed by atoms with Crippen LogP contribution < -0.4 is 0 Å². The summed E-state index contributed by atoms with van der Waals surface area (Å²) in [5, 5.41) is 0. The summed E-state index contributed by atoms with van der Waals surface area (Å²) < 4.78 is 6.83. The lowest BCUT2D eigenvalue weighted by Crippen LogP contribution is -2.41. The van der Waals surface area contributed by atoms with Gasteiger partial charge < -0.3 is 4.74 Å². The minimum Gasteiger partial charge on any atom is -0.454 e. The number of ether oxygens (including phenoxy) is 1. The van der Waals surface area contributed by atoms with Crippen LogP contribution in [0.3, 0.4) is 0 Å². The first-order valence-electron chi connectivity index (χ1n) is 8.81. The molecular weight excluding hydrogens is 364 g/mol. The Bertz CT molecular complexity index is 731. The molecular formula is C21H23BrO2. The number of carbonyl (C=O) groups excluding carboxylic acids is 1. The fourth-order valence-corrected chi connectivity index (χ4v) is 5.11. The third-order valence-electron chi connectivity index (χ3n) is 6.22. The molecule has 0 spiro atoms. The molecule has 24 heavy (non-hydrogen) atoms. The van der Waals surface area contributed by atoms with E-state index in [-0.39, 0.29) is 17.5 Å². The topological polar surface area (TPSA) is 26.3 Å². The molecule has 2 nitrogen and oxygen atoms in total. The number of hydrogen-bond acceptors (Lipinski definition) is 2. The van der Waals surface area contributed by atoms with Crippen LogP contribution in [0.1, 0.15) is 44.6 Å². The molecule has 3 atom stereocenters. The van der Waals surface area contributed by atoms with E-state index < -0.39 is 0 Å². The number of carbonyl (C=O) groups is 1. The van der Waals surface area contributed by atoms with Crippen molar-refractivity contribution in [2.45, 2.75) is 51.6 Å². The summed E-state index contributed by atoms with van der Waals surface area (Å²) in [6.07, 6.45) is 6.16. The zero-order chi connectivity index (χ0) is 16.9. The molecule has 0 aromatic heterocycles. The average Bonchev–Trinajstić information content (AvgIpc) is 2.82. The number of benzene rings is 1. The van der Waals surface area contributed by atoms with Crippen LogP contribution in [0.25, 0.3) is 0 Å². The first-order valence-corrected chi connectivity index (χ1v) is 9.60. The maximum absolute atomic E-state index is 12.5. The van der Waals surface area contributed by atoms with Gasteiger partial charge in [-0.1, -0.05) is 47.1 Å². The van der Waals surface area contributed by atoms with Crippen molar-refractivity contribution in [1.82, 2.24) is 0 Å². The van der Waals surface area contributed by atoms with Gasteiger partial charge in [-0.15, -0.1) is 0 Å². The summed E-state index contributed by atoms with van der Waals surface area (Å²) in [6, 6.07) is 8.20. The molecule has 3 heteroatoms. The molecule has 0 amide bonds. The molecule has 1 aliphatic heterocycles. The molecule has 3 aliphatic rings. The van der Waals surface area contributed by atoms with Crippen molar-refractivity contribution in [3.63, 3.8) is 0 Å². The number of fused-ring (bicyclic) bond motifs is 2. The van der Waals surface area contributed by atoms with E-state index in [1.165, 1.54) is 24.0 Å². The minimum atomic E-state index is -0.106. The van der Waals surface area contributed by atoms with Gasteiger partial charge >= 0.3 is 5.97 Å². The van der Waals surface area contributed by atoms with Gasteiger partial charge in [0.05, 0.1) is 0 Å². The number of allylic oxidation sites excluding steroid dienone is 1. The Morgan fingerprint density at radius 1 is 1.33 bits per heavy atom. The molecule has 0 saturated heterocycles. The molecule has 1 aromatic carbocycles. The predicted molar refractivity (Wildman–Crippen MR) is 98.6 cm³/mol. The van der Waals surface area contributed by atoms with Gasteiger partial charge in [0.15, 0.2) is 0 Å². The van der Waals surface area contributed by atoms with Crippen LogP contribution in [-0.2, 0) is 16.0 Å². The number of halogens is 1. The van der Waals surface area contributed by atoms with Crippen molar-refractivity contribution in [2.75, 3.05) is 0 Å². The van der Waals surface area contributed by atoms with Gasteiger partial charge in [-0.05, 0) is 66.7 Å². The summed E-state index contributed by atoms with van der Waals surface area (Å²) in [4.78, 5) is 12.5. The highest BCUT2D eigenvalue weighted by Crippen LogP contribution is 2.55. The lowest BCUT2D eigenvalue weighted by molar-refractivity contribution is -0.142. The van der Waals surface area contributed by atoms with Crippen LogP contribution in [-0.4, -0.2) is 12.1 Å². The fourth-order valence-electron chi connectivity index (χ4n) is 4.85. The number of hydrogen-bond donors (Lipinski definition) is 0. The van der Waals surface area contributed by atoms with E-state index in [1.807, 2.05) is 12.1 Å². The van der Waals surface area contributed by atoms with Gasteiger partial charge in [-0.25, -0.2) is 4.79 Å². The summed E-state index contributed by atoms with van der Waals surface area (Å²) in [6.45, 7) is 6.70. The van der Waals surface area contributed by atoms with Gasteiger partial charge in [0, 0.05) is 16.5 Å². The van der Waals surface area contributed by atoms with Crippen LogP contribution in [0.5, 0.6) is 0 Å². The standard InChI is InChI=1S/C21H23BrO2/c1-13-4-3-9-21(2)12-19-16(11-18(13)21)17(20(23)24-19)10-14-5-7-15(22)8-6-14/h5-8,18-19H,1,3-4,9-12H2,2H3/t18-,19-,21+/m0/s1. The van der Waals surface area contributed by atoms with Crippen LogP contribution in [0.2, 0.25) is 0 Å². The first-order chi connectivity index (χ1) is 11.5. The van der Waals surface area contributed by atoms with Gasteiger partial charge in [-0.2, -0.15) is 0 Å². The van der Waals surface area contributed by atoms with Gasteiger partial charge in [0.2, 0.25) is 0 Å². The van der Waals surface area contributed by atoms with E-state index in [9.17, 15) is 4.79 Å². The second kappa shape index (κ2) is 5.87. The highest BCUT2D eigenvalue weighted by molar-refractivity contribution is 9.10. The van der Waals surface area contributed by atoms with E-state index >= 15 is 0 Å². The Hall–Kier alpha value is -1.35. The Labute approximate surface area is 152 Å². The largest absolute Gasteiger partial charge is 0.454 e. The van der Waals surface area contributed by atoms with E-state index in [4.69, 9.17) is 4.74 Å². The maximum atomic E-state index is 12.5. The molecule has 0 bridgehead atoms. The summed E-state index contributed by atoms with van der Waals surface area (Å²) >= 11 is 3.46. The number of esters is 1. The maximum Gasteiger partial charge on any atom is 0.335 e. The molecule has 0 radical (unpaired) electrons. The minimum absolute atomic E-state index is 0.00454. The molecule has 2 aliphatic carbocycles. The lowest BCUT2D eigenvalue weighted by Gasteiger charge is -2.48. The third-order valence-corrected chi connectivity index (χ3v) is 6.75. The normalized spacial score (nSPS) is 32.4. The van der Waals surface area contributed by atoms with E-state index in [2.05, 4.69) is 41.6 Å². The highest BCUT2D eigenvalue weighted by Gasteiger charge is 2.49. The van der Waals surface area contributed by atoms with Crippen molar-refractivity contribution >= 4 is 21.9 Å². The van der Waals surface area contributed by atoms with Gasteiger partial charge in [0.25, 0.3) is 0 Å². The molecule has 126 valence electrons. The molecule has 0 N–H and O–H groups in total. The van der Waals surface area contributed by atoms with E-state index in [1.54, 1.807) is 0 Å². The quantitative estimate of drug-likeness (QED) is 0.504.